The quantitative estimate of drug-likeness (QED) is 0.508. The molecule has 0 bridgehead atoms. The van der Waals surface area contributed by atoms with E-state index < -0.39 is 18.0 Å². The van der Waals surface area contributed by atoms with Crippen LogP contribution in [0.25, 0.3) is 21.7 Å². The van der Waals surface area contributed by atoms with Crippen LogP contribution in [0.3, 0.4) is 0 Å². The lowest BCUT2D eigenvalue weighted by Crippen LogP contribution is -2.30. The molecule has 4 aromatic rings. The Hall–Kier alpha value is -3.61. The highest BCUT2D eigenvalue weighted by atomic mass is 16.6. The summed E-state index contributed by atoms with van der Waals surface area (Å²) in [4.78, 5) is 25.3. The molecule has 4 rings (SSSR count). The average molecular weight is 405 g/mol. The Morgan fingerprint density at radius 3 is 2.53 bits per heavy atom. The standard InChI is InChI=1S/C23H23N3O4/c1-12-17-11-10-16-8-6-7-9-18(16)21(17)30-20(12)23(28)29-15(4)22(27)24-19-13(2)25-26(5)14(19)3/h6-11,15H,1-5H3,(H,24,27)/t15-/m1/s1. The van der Waals surface area contributed by atoms with Gasteiger partial charge in [0.25, 0.3) is 5.91 Å². The second kappa shape index (κ2) is 7.33. The van der Waals surface area contributed by atoms with Crippen molar-refractivity contribution in [2.75, 3.05) is 5.32 Å². The molecule has 2 heterocycles. The number of fused-ring (bicyclic) bond motifs is 3. The molecule has 0 saturated carbocycles. The van der Waals surface area contributed by atoms with Gasteiger partial charge in [-0.3, -0.25) is 9.48 Å². The van der Waals surface area contributed by atoms with E-state index >= 15 is 0 Å². The van der Waals surface area contributed by atoms with Crippen molar-refractivity contribution >= 4 is 39.3 Å². The molecule has 7 heteroatoms. The molecule has 1 amide bonds. The first kappa shape index (κ1) is 19.7. The number of aryl methyl sites for hydroxylation is 3. The molecule has 2 aromatic heterocycles. The van der Waals surface area contributed by atoms with Gasteiger partial charge in [-0.25, -0.2) is 4.79 Å². The van der Waals surface area contributed by atoms with Crippen molar-refractivity contribution in [1.29, 1.82) is 0 Å². The molecule has 1 atom stereocenters. The Morgan fingerprint density at radius 1 is 1.10 bits per heavy atom. The van der Waals surface area contributed by atoms with Gasteiger partial charge in [-0.15, -0.1) is 0 Å². The number of carbonyl (C=O) groups is 2. The summed E-state index contributed by atoms with van der Waals surface area (Å²) in [5, 5.41) is 9.85. The molecule has 0 saturated heterocycles. The summed E-state index contributed by atoms with van der Waals surface area (Å²) < 4.78 is 13.0. The van der Waals surface area contributed by atoms with Crippen LogP contribution in [0.2, 0.25) is 0 Å². The molecule has 30 heavy (non-hydrogen) atoms. The predicted octanol–water partition coefficient (Wildman–Crippen LogP) is 4.43. The van der Waals surface area contributed by atoms with Gasteiger partial charge in [0.1, 0.15) is 5.58 Å². The van der Waals surface area contributed by atoms with Crippen molar-refractivity contribution in [3.8, 4) is 0 Å². The highest BCUT2D eigenvalue weighted by molar-refractivity contribution is 6.08. The molecular weight excluding hydrogens is 382 g/mol. The zero-order valence-corrected chi connectivity index (χ0v) is 17.6. The second-order valence-electron chi connectivity index (χ2n) is 7.43. The minimum Gasteiger partial charge on any atom is -0.448 e. The molecule has 154 valence electrons. The van der Waals surface area contributed by atoms with E-state index in [0.29, 0.717) is 22.5 Å². The predicted molar refractivity (Wildman–Crippen MR) is 115 cm³/mol. The van der Waals surface area contributed by atoms with Crippen molar-refractivity contribution in [2.45, 2.75) is 33.8 Å². The number of nitrogens with zero attached hydrogens (tertiary/aromatic N) is 2. The SMILES string of the molecule is Cc1nn(C)c(C)c1NC(=O)[C@@H](C)OC(=O)c1oc2c(ccc3ccccc32)c1C. The zero-order chi connectivity index (χ0) is 21.6. The molecule has 7 nitrogen and oxygen atoms in total. The van der Waals surface area contributed by atoms with Crippen LogP contribution in [-0.4, -0.2) is 27.8 Å². The van der Waals surface area contributed by atoms with Crippen LogP contribution >= 0.6 is 0 Å². The molecule has 0 aliphatic carbocycles. The lowest BCUT2D eigenvalue weighted by molar-refractivity contribution is -0.123. The summed E-state index contributed by atoms with van der Waals surface area (Å²) >= 11 is 0. The van der Waals surface area contributed by atoms with E-state index in [4.69, 9.17) is 9.15 Å². The van der Waals surface area contributed by atoms with Gasteiger partial charge in [-0.1, -0.05) is 36.4 Å². The maximum Gasteiger partial charge on any atom is 0.375 e. The minimum atomic E-state index is -0.999. The van der Waals surface area contributed by atoms with Gasteiger partial charge in [-0.2, -0.15) is 5.10 Å². The molecule has 0 unspecified atom stereocenters. The molecule has 1 N–H and O–H groups in total. The van der Waals surface area contributed by atoms with Crippen molar-refractivity contribution < 1.29 is 18.7 Å². The van der Waals surface area contributed by atoms with E-state index in [1.54, 1.807) is 18.7 Å². The number of carbonyl (C=O) groups excluding carboxylic acids is 2. The van der Waals surface area contributed by atoms with E-state index in [0.717, 1.165) is 21.9 Å². The fourth-order valence-corrected chi connectivity index (χ4v) is 3.59. The summed E-state index contributed by atoms with van der Waals surface area (Å²) in [7, 11) is 1.80. The van der Waals surface area contributed by atoms with Crippen LogP contribution < -0.4 is 5.32 Å². The average Bonchev–Trinajstić information content (AvgIpc) is 3.19. The Morgan fingerprint density at radius 2 is 1.83 bits per heavy atom. The van der Waals surface area contributed by atoms with E-state index in [1.807, 2.05) is 50.2 Å². The molecule has 0 aliphatic rings. The number of furan rings is 1. The third kappa shape index (κ3) is 3.22. The fourth-order valence-electron chi connectivity index (χ4n) is 3.59. The number of anilines is 1. The topological polar surface area (TPSA) is 86.4 Å². The van der Waals surface area contributed by atoms with E-state index in [9.17, 15) is 9.59 Å². The molecule has 0 spiro atoms. The maximum atomic E-state index is 12.8. The number of hydrogen-bond acceptors (Lipinski definition) is 5. The van der Waals surface area contributed by atoms with Gasteiger partial charge in [0, 0.05) is 23.4 Å². The number of rotatable bonds is 4. The first-order valence-corrected chi connectivity index (χ1v) is 9.70. The van der Waals surface area contributed by atoms with E-state index in [1.165, 1.54) is 6.92 Å². The van der Waals surface area contributed by atoms with Gasteiger partial charge < -0.3 is 14.5 Å². The highest BCUT2D eigenvalue weighted by Gasteiger charge is 2.26. The van der Waals surface area contributed by atoms with Crippen LogP contribution in [0.5, 0.6) is 0 Å². The van der Waals surface area contributed by atoms with Crippen LogP contribution in [-0.2, 0) is 16.6 Å². The van der Waals surface area contributed by atoms with Crippen molar-refractivity contribution in [3.05, 3.63) is 59.1 Å². The molecule has 0 fully saturated rings. The number of amides is 1. The fraction of sp³-hybridized carbons (Fsp3) is 0.261. The number of aromatic nitrogens is 2. The summed E-state index contributed by atoms with van der Waals surface area (Å²) in [6.45, 7) is 7.00. The van der Waals surface area contributed by atoms with Crippen molar-refractivity contribution in [2.24, 2.45) is 7.05 Å². The number of hydrogen-bond donors (Lipinski definition) is 1. The minimum absolute atomic E-state index is 0.106. The molecular formula is C23H23N3O4. The van der Waals surface area contributed by atoms with E-state index in [-0.39, 0.29) is 5.76 Å². The Kier molecular flexibility index (Phi) is 4.81. The summed E-state index contributed by atoms with van der Waals surface area (Å²) in [6, 6.07) is 11.7. The van der Waals surface area contributed by atoms with Crippen LogP contribution in [0.1, 0.15) is 34.4 Å². The van der Waals surface area contributed by atoms with Gasteiger partial charge >= 0.3 is 5.97 Å². The highest BCUT2D eigenvalue weighted by Crippen LogP contribution is 2.32. The normalized spacial score (nSPS) is 12.3. The van der Waals surface area contributed by atoms with Gasteiger partial charge in [-0.05, 0) is 33.1 Å². The first-order chi connectivity index (χ1) is 14.3. The van der Waals surface area contributed by atoms with Crippen LogP contribution in [0.4, 0.5) is 5.69 Å². The lowest BCUT2D eigenvalue weighted by Gasteiger charge is -2.13. The zero-order valence-electron chi connectivity index (χ0n) is 17.6. The monoisotopic (exact) mass is 405 g/mol. The number of benzene rings is 2. The van der Waals surface area contributed by atoms with Crippen molar-refractivity contribution in [1.82, 2.24) is 9.78 Å². The Bertz CT molecular complexity index is 1300. The van der Waals surface area contributed by atoms with Crippen LogP contribution in [0, 0.1) is 20.8 Å². The lowest BCUT2D eigenvalue weighted by atomic mass is 10.1. The van der Waals surface area contributed by atoms with Gasteiger partial charge in [0.05, 0.1) is 17.1 Å². The van der Waals surface area contributed by atoms with Crippen molar-refractivity contribution in [3.63, 3.8) is 0 Å². The summed E-state index contributed by atoms with van der Waals surface area (Å²) in [5.41, 5.74) is 3.46. The summed E-state index contributed by atoms with van der Waals surface area (Å²) in [5.74, 6) is -0.994. The molecule has 2 aromatic carbocycles. The van der Waals surface area contributed by atoms with Crippen LogP contribution in [0.15, 0.2) is 40.8 Å². The second-order valence-corrected chi connectivity index (χ2v) is 7.43. The molecule has 0 aliphatic heterocycles. The first-order valence-electron chi connectivity index (χ1n) is 9.70. The maximum absolute atomic E-state index is 12.8. The summed E-state index contributed by atoms with van der Waals surface area (Å²) in [6.07, 6.45) is -0.999. The van der Waals surface area contributed by atoms with E-state index in [2.05, 4.69) is 10.4 Å². The number of nitrogens with one attached hydrogen (secondary N) is 1. The smallest absolute Gasteiger partial charge is 0.375 e. The van der Waals surface area contributed by atoms with Gasteiger partial charge in [0.15, 0.2) is 6.10 Å². The molecule has 0 radical (unpaired) electrons. The van der Waals surface area contributed by atoms with Gasteiger partial charge in [0.2, 0.25) is 5.76 Å². The Balaban J connectivity index is 1.57. The Labute approximate surface area is 173 Å². The number of esters is 1. The number of ether oxygens (including phenoxy) is 1. The third-order valence-corrected chi connectivity index (χ3v) is 5.42. The third-order valence-electron chi connectivity index (χ3n) is 5.42. The largest absolute Gasteiger partial charge is 0.448 e.